The van der Waals surface area contributed by atoms with Gasteiger partial charge in [0, 0.05) is 5.22 Å². The molecule has 4 nitrogen and oxygen atoms in total. The number of methoxy groups -OCH3 is 1. The molecule has 4 heteroatoms. The molecular weight excluding hydrogens is 194 g/mol. The molecule has 80 valence electrons. The predicted octanol–water partition coefficient (Wildman–Crippen LogP) is -1.76. The Morgan fingerprint density at radius 3 is 2.73 bits per heavy atom. The lowest BCUT2D eigenvalue weighted by molar-refractivity contribution is -0.0173. The van der Waals surface area contributed by atoms with Gasteiger partial charge in [-0.1, -0.05) is 24.3 Å². The van der Waals surface area contributed by atoms with Crippen LogP contribution in [0.5, 0.6) is 0 Å². The van der Waals surface area contributed by atoms with E-state index in [9.17, 15) is 10.2 Å². The molecular formula is C11H13NO3. The Kier molecular flexibility index (Phi) is 2.26. The van der Waals surface area contributed by atoms with Crippen LogP contribution in [0, 0.1) is 0 Å². The third-order valence-corrected chi connectivity index (χ3v) is 2.56. The average molecular weight is 207 g/mol. The summed E-state index contributed by atoms with van der Waals surface area (Å²) in [4.78, 5) is 0. The van der Waals surface area contributed by atoms with E-state index in [0.717, 1.165) is 5.22 Å². The Balaban J connectivity index is 2.85. The zero-order valence-corrected chi connectivity index (χ0v) is 8.34. The largest absolute Gasteiger partial charge is 0.496 e. The normalized spacial score (nSPS) is 29.3. The van der Waals surface area contributed by atoms with E-state index >= 15 is 0 Å². The Hall–Kier alpha value is -1.36. The average Bonchev–Trinajstić information content (AvgIpc) is 2.20. The van der Waals surface area contributed by atoms with Crippen molar-refractivity contribution in [3.8, 4) is 0 Å². The third-order valence-electron chi connectivity index (χ3n) is 2.56. The topological polar surface area (TPSA) is 75.7 Å². The van der Waals surface area contributed by atoms with Gasteiger partial charge in [-0.3, -0.25) is 5.73 Å². The van der Waals surface area contributed by atoms with Crippen molar-refractivity contribution in [1.29, 1.82) is 0 Å². The number of hydrogen-bond acceptors (Lipinski definition) is 4. The first-order chi connectivity index (χ1) is 7.07. The molecule has 1 aliphatic rings. The van der Waals surface area contributed by atoms with Crippen LogP contribution < -0.4 is 16.2 Å². The van der Waals surface area contributed by atoms with E-state index in [1.807, 2.05) is 18.2 Å². The monoisotopic (exact) mass is 207 g/mol. The fourth-order valence-electron chi connectivity index (χ4n) is 1.77. The van der Waals surface area contributed by atoms with Gasteiger partial charge in [0.15, 0.2) is 5.76 Å². The Labute approximate surface area is 86.9 Å². The number of rotatable bonds is 1. The summed E-state index contributed by atoms with van der Waals surface area (Å²) in [6.07, 6.45) is 0.347. The molecule has 2 unspecified atom stereocenters. The van der Waals surface area contributed by atoms with Crippen LogP contribution in [0.25, 0.3) is 11.8 Å². The molecule has 15 heavy (non-hydrogen) atoms. The minimum atomic E-state index is -1.86. The van der Waals surface area contributed by atoms with Gasteiger partial charge >= 0.3 is 0 Å². The molecule has 0 saturated carbocycles. The second-order valence-corrected chi connectivity index (χ2v) is 3.56. The summed E-state index contributed by atoms with van der Waals surface area (Å²) in [5.41, 5.74) is 3.75. The fraction of sp³-hybridized carbons (Fsp3) is 0.273. The van der Waals surface area contributed by atoms with E-state index in [1.165, 1.54) is 13.2 Å². The van der Waals surface area contributed by atoms with Gasteiger partial charge in [0.05, 0.1) is 7.11 Å². The minimum absolute atomic E-state index is 0.188. The number of ether oxygens (including phenoxy) is 1. The highest BCUT2D eigenvalue weighted by molar-refractivity contribution is 5.56. The summed E-state index contributed by atoms with van der Waals surface area (Å²) >= 11 is 0. The molecule has 1 aliphatic carbocycles. The third kappa shape index (κ3) is 1.43. The second kappa shape index (κ2) is 3.34. The molecule has 0 saturated heterocycles. The standard InChI is InChI=1S/C11H13NO3/c1-15-10-8-5-3-2-4-7(8)6-9(13)11(10,12)14/h2-6,9,13-14H,12H2,1H3. The summed E-state index contributed by atoms with van der Waals surface area (Å²) < 4.78 is 5.06. The van der Waals surface area contributed by atoms with Crippen molar-refractivity contribution in [3.05, 3.63) is 34.7 Å². The molecule has 2 rings (SSSR count). The van der Waals surface area contributed by atoms with Crippen LogP contribution in [0.2, 0.25) is 0 Å². The Bertz CT molecular complexity index is 493. The highest BCUT2D eigenvalue weighted by atomic mass is 16.5. The van der Waals surface area contributed by atoms with Crippen molar-refractivity contribution in [3.63, 3.8) is 0 Å². The first-order valence-electron chi connectivity index (χ1n) is 4.62. The van der Waals surface area contributed by atoms with Crippen molar-refractivity contribution in [2.45, 2.75) is 11.8 Å². The molecule has 0 radical (unpaired) electrons. The van der Waals surface area contributed by atoms with E-state index in [0.29, 0.717) is 5.22 Å². The molecule has 0 bridgehead atoms. The van der Waals surface area contributed by atoms with Gasteiger partial charge in [-0.05, 0) is 11.3 Å². The zero-order valence-electron chi connectivity index (χ0n) is 8.34. The predicted molar refractivity (Wildman–Crippen MR) is 55.7 cm³/mol. The number of aliphatic hydroxyl groups excluding tert-OH is 1. The van der Waals surface area contributed by atoms with E-state index in [4.69, 9.17) is 10.5 Å². The molecule has 1 aromatic carbocycles. The van der Waals surface area contributed by atoms with Crippen LogP contribution in [0.1, 0.15) is 0 Å². The lowest BCUT2D eigenvalue weighted by Gasteiger charge is -2.30. The summed E-state index contributed by atoms with van der Waals surface area (Å²) in [5, 5.41) is 21.0. The maximum atomic E-state index is 9.88. The van der Waals surface area contributed by atoms with Gasteiger partial charge < -0.3 is 14.9 Å². The molecule has 0 aliphatic heterocycles. The highest BCUT2D eigenvalue weighted by Crippen LogP contribution is 2.18. The molecule has 0 aromatic heterocycles. The molecule has 0 amide bonds. The number of hydrogen-bond donors (Lipinski definition) is 3. The van der Waals surface area contributed by atoms with E-state index < -0.39 is 11.8 Å². The quantitative estimate of drug-likeness (QED) is 0.477. The fourth-order valence-corrected chi connectivity index (χ4v) is 1.77. The van der Waals surface area contributed by atoms with Crippen LogP contribution in [-0.2, 0) is 4.74 Å². The first kappa shape index (κ1) is 10.2. The minimum Gasteiger partial charge on any atom is -0.496 e. The molecule has 0 heterocycles. The maximum absolute atomic E-state index is 9.88. The van der Waals surface area contributed by atoms with Gasteiger partial charge in [-0.15, -0.1) is 0 Å². The number of fused-ring (bicyclic) bond motifs is 1. The molecule has 0 fully saturated rings. The van der Waals surface area contributed by atoms with Gasteiger partial charge in [0.1, 0.15) is 6.10 Å². The second-order valence-electron chi connectivity index (χ2n) is 3.56. The molecule has 2 atom stereocenters. The van der Waals surface area contributed by atoms with Crippen LogP contribution in [0.4, 0.5) is 0 Å². The van der Waals surface area contributed by atoms with Crippen LogP contribution in [0.3, 0.4) is 0 Å². The number of benzene rings is 1. The van der Waals surface area contributed by atoms with E-state index in [-0.39, 0.29) is 5.76 Å². The summed E-state index contributed by atoms with van der Waals surface area (Å²) in [6.45, 7) is 0. The van der Waals surface area contributed by atoms with Crippen molar-refractivity contribution in [1.82, 2.24) is 0 Å². The van der Waals surface area contributed by atoms with Gasteiger partial charge in [0.2, 0.25) is 5.72 Å². The number of aliphatic hydroxyl groups is 2. The van der Waals surface area contributed by atoms with Gasteiger partial charge in [-0.2, -0.15) is 0 Å². The maximum Gasteiger partial charge on any atom is 0.202 e. The van der Waals surface area contributed by atoms with E-state index in [1.54, 1.807) is 6.07 Å². The SMILES string of the molecule is COC1=c2ccccc2=CC(O)C1(N)O. The van der Waals surface area contributed by atoms with Crippen LogP contribution >= 0.6 is 0 Å². The first-order valence-corrected chi connectivity index (χ1v) is 4.62. The van der Waals surface area contributed by atoms with Crippen molar-refractivity contribution in [2.24, 2.45) is 5.73 Å². The highest BCUT2D eigenvalue weighted by Gasteiger charge is 2.38. The van der Waals surface area contributed by atoms with E-state index in [2.05, 4.69) is 0 Å². The van der Waals surface area contributed by atoms with Crippen LogP contribution in [-0.4, -0.2) is 29.2 Å². The zero-order chi connectivity index (χ0) is 11.1. The molecule has 4 N–H and O–H groups in total. The van der Waals surface area contributed by atoms with Crippen molar-refractivity contribution >= 4 is 11.8 Å². The van der Waals surface area contributed by atoms with Gasteiger partial charge in [-0.25, -0.2) is 0 Å². The summed E-state index contributed by atoms with van der Waals surface area (Å²) in [5.74, 6) is 0.188. The van der Waals surface area contributed by atoms with Gasteiger partial charge in [0.25, 0.3) is 0 Å². The summed E-state index contributed by atoms with van der Waals surface area (Å²) in [6, 6.07) is 7.27. The summed E-state index contributed by atoms with van der Waals surface area (Å²) in [7, 11) is 1.42. The number of nitrogens with two attached hydrogens (primary N) is 1. The molecule has 1 aromatic rings. The van der Waals surface area contributed by atoms with Crippen LogP contribution in [0.15, 0.2) is 24.3 Å². The Morgan fingerprint density at radius 1 is 1.40 bits per heavy atom. The smallest absolute Gasteiger partial charge is 0.202 e. The van der Waals surface area contributed by atoms with Crippen molar-refractivity contribution < 1.29 is 14.9 Å². The Morgan fingerprint density at radius 2 is 2.07 bits per heavy atom. The molecule has 0 spiro atoms. The van der Waals surface area contributed by atoms with Crippen molar-refractivity contribution in [2.75, 3.05) is 7.11 Å². The lowest BCUT2D eigenvalue weighted by atomic mass is 9.96. The lowest BCUT2D eigenvalue weighted by Crippen LogP contribution is -2.58.